The third kappa shape index (κ3) is 5.22. The van der Waals surface area contributed by atoms with Crippen LogP contribution >= 0.6 is 11.6 Å². The second-order valence-corrected chi connectivity index (χ2v) is 6.42. The Balaban J connectivity index is 1.47. The van der Waals surface area contributed by atoms with Crippen LogP contribution < -0.4 is 19.5 Å². The number of benzene rings is 2. The van der Waals surface area contributed by atoms with Gasteiger partial charge in [-0.3, -0.25) is 4.79 Å². The number of amides is 1. The molecule has 1 heterocycles. The Hall–Kier alpha value is -2.61. The number of rotatable bonds is 6. The number of halogens is 4. The van der Waals surface area contributed by atoms with E-state index in [1.54, 1.807) is 12.1 Å². The molecule has 0 saturated carbocycles. The first-order chi connectivity index (χ1) is 13.3. The van der Waals surface area contributed by atoms with Gasteiger partial charge in [0.05, 0.1) is 10.6 Å². The van der Waals surface area contributed by atoms with Gasteiger partial charge in [0, 0.05) is 6.54 Å². The van der Waals surface area contributed by atoms with Crippen LogP contribution in [0.3, 0.4) is 0 Å². The van der Waals surface area contributed by atoms with Crippen LogP contribution in [-0.4, -0.2) is 32.3 Å². The molecule has 9 heteroatoms. The molecule has 5 nitrogen and oxygen atoms in total. The number of alkyl halides is 3. The minimum absolute atomic E-state index is 0.0245. The summed E-state index contributed by atoms with van der Waals surface area (Å²) in [7, 11) is 0. The van der Waals surface area contributed by atoms with E-state index in [0.29, 0.717) is 42.7 Å². The number of ether oxygens (including phenoxy) is 3. The smallest absolute Gasteiger partial charge is 0.416 e. The highest BCUT2D eigenvalue weighted by atomic mass is 35.5. The quantitative estimate of drug-likeness (QED) is 0.778. The molecule has 0 aliphatic carbocycles. The van der Waals surface area contributed by atoms with Gasteiger partial charge in [-0.05, 0) is 42.3 Å². The monoisotopic (exact) mass is 415 g/mol. The molecular formula is C19H17ClF3NO4. The molecule has 3 rings (SSSR count). The summed E-state index contributed by atoms with van der Waals surface area (Å²) in [6, 6.07) is 7.91. The minimum Gasteiger partial charge on any atom is -0.486 e. The van der Waals surface area contributed by atoms with Crippen molar-refractivity contribution in [1.29, 1.82) is 0 Å². The zero-order valence-corrected chi connectivity index (χ0v) is 15.4. The average Bonchev–Trinajstić information content (AvgIpc) is 2.66. The molecule has 1 aliphatic heterocycles. The topological polar surface area (TPSA) is 56.8 Å². The van der Waals surface area contributed by atoms with Crippen LogP contribution in [0.2, 0.25) is 5.02 Å². The lowest BCUT2D eigenvalue weighted by atomic mass is 10.1. The van der Waals surface area contributed by atoms with Crippen LogP contribution in [0.25, 0.3) is 0 Å². The molecule has 28 heavy (non-hydrogen) atoms. The summed E-state index contributed by atoms with van der Waals surface area (Å²) in [6.07, 6.45) is -3.97. The first-order valence-electron chi connectivity index (χ1n) is 8.48. The molecular weight excluding hydrogens is 399 g/mol. The van der Waals surface area contributed by atoms with Crippen LogP contribution in [0.5, 0.6) is 17.2 Å². The van der Waals surface area contributed by atoms with E-state index in [-0.39, 0.29) is 12.4 Å². The van der Waals surface area contributed by atoms with Crippen LogP contribution in [0.4, 0.5) is 13.2 Å². The van der Waals surface area contributed by atoms with E-state index in [9.17, 15) is 18.0 Å². The third-order valence-corrected chi connectivity index (χ3v) is 4.20. The first kappa shape index (κ1) is 20.1. The second kappa shape index (κ2) is 8.60. The third-order valence-electron chi connectivity index (χ3n) is 3.92. The summed E-state index contributed by atoms with van der Waals surface area (Å²) in [5.41, 5.74) is 0.0224. The van der Waals surface area contributed by atoms with Gasteiger partial charge in [0.1, 0.15) is 19.0 Å². The van der Waals surface area contributed by atoms with Gasteiger partial charge in [0.2, 0.25) is 0 Å². The minimum atomic E-state index is -4.47. The zero-order valence-electron chi connectivity index (χ0n) is 14.6. The Labute approximate surface area is 164 Å². The molecule has 0 fully saturated rings. The zero-order chi connectivity index (χ0) is 20.1. The van der Waals surface area contributed by atoms with Gasteiger partial charge in [0.15, 0.2) is 18.1 Å². The Kier molecular flexibility index (Phi) is 6.18. The summed E-state index contributed by atoms with van der Waals surface area (Å²) in [5, 5.41) is 3.08. The van der Waals surface area contributed by atoms with E-state index in [1.165, 1.54) is 12.1 Å². The maximum Gasteiger partial charge on any atom is 0.416 e. The highest BCUT2D eigenvalue weighted by molar-refractivity contribution is 6.32. The van der Waals surface area contributed by atoms with E-state index < -0.39 is 17.6 Å². The number of carbonyl (C=O) groups excluding carboxylic acids is 1. The maximum absolute atomic E-state index is 12.7. The van der Waals surface area contributed by atoms with Crippen molar-refractivity contribution in [1.82, 2.24) is 5.32 Å². The van der Waals surface area contributed by atoms with Crippen molar-refractivity contribution in [2.24, 2.45) is 0 Å². The summed E-state index contributed by atoms with van der Waals surface area (Å²) < 4.78 is 54.1. The Bertz CT molecular complexity index is 858. The van der Waals surface area contributed by atoms with Gasteiger partial charge < -0.3 is 19.5 Å². The van der Waals surface area contributed by atoms with Gasteiger partial charge in [-0.15, -0.1) is 0 Å². The van der Waals surface area contributed by atoms with Crippen LogP contribution in [-0.2, 0) is 17.4 Å². The Morgan fingerprint density at radius 1 is 1.18 bits per heavy atom. The molecule has 0 radical (unpaired) electrons. The van der Waals surface area contributed by atoms with E-state index in [2.05, 4.69) is 5.32 Å². The summed E-state index contributed by atoms with van der Waals surface area (Å²) in [6.45, 7) is 0.800. The van der Waals surface area contributed by atoms with Gasteiger partial charge in [0.25, 0.3) is 5.91 Å². The summed E-state index contributed by atoms with van der Waals surface area (Å²) in [4.78, 5) is 11.9. The van der Waals surface area contributed by atoms with Gasteiger partial charge in [-0.1, -0.05) is 17.7 Å². The van der Waals surface area contributed by atoms with Crippen molar-refractivity contribution >= 4 is 17.5 Å². The fourth-order valence-corrected chi connectivity index (χ4v) is 2.90. The molecule has 0 bridgehead atoms. The predicted molar refractivity (Wildman–Crippen MR) is 96.1 cm³/mol. The maximum atomic E-state index is 12.7. The molecule has 2 aromatic rings. The van der Waals surface area contributed by atoms with E-state index in [1.807, 2.05) is 0 Å². The fraction of sp³-hybridized carbons (Fsp3) is 0.316. The molecule has 0 saturated heterocycles. The van der Waals surface area contributed by atoms with Crippen molar-refractivity contribution < 1.29 is 32.2 Å². The van der Waals surface area contributed by atoms with Gasteiger partial charge in [-0.2, -0.15) is 13.2 Å². The SMILES string of the molecule is O=C(COc1cccc(C(F)(F)F)c1)NCCc1cc(Cl)c2c(c1)OCCO2. The fourth-order valence-electron chi connectivity index (χ4n) is 2.62. The Morgan fingerprint density at radius 2 is 1.96 bits per heavy atom. The molecule has 0 aromatic heterocycles. The van der Waals surface area contributed by atoms with Crippen molar-refractivity contribution in [3.63, 3.8) is 0 Å². The lowest BCUT2D eigenvalue weighted by molar-refractivity contribution is -0.137. The average molecular weight is 416 g/mol. The largest absolute Gasteiger partial charge is 0.486 e. The molecule has 1 aliphatic rings. The molecule has 0 spiro atoms. The van der Waals surface area contributed by atoms with E-state index in [0.717, 1.165) is 17.7 Å². The normalized spacial score (nSPS) is 13.1. The van der Waals surface area contributed by atoms with Gasteiger partial charge in [-0.25, -0.2) is 0 Å². The highest BCUT2D eigenvalue weighted by Gasteiger charge is 2.30. The molecule has 1 N–H and O–H groups in total. The summed E-state index contributed by atoms with van der Waals surface area (Å²) >= 11 is 6.16. The second-order valence-electron chi connectivity index (χ2n) is 6.02. The van der Waals surface area contributed by atoms with Crippen molar-refractivity contribution in [3.05, 3.63) is 52.5 Å². The summed E-state index contributed by atoms with van der Waals surface area (Å²) in [5.74, 6) is 0.604. The molecule has 0 unspecified atom stereocenters. The number of fused-ring (bicyclic) bond motifs is 1. The van der Waals surface area contributed by atoms with Crippen LogP contribution in [0, 0.1) is 0 Å². The number of nitrogens with one attached hydrogen (secondary N) is 1. The lowest BCUT2D eigenvalue weighted by Crippen LogP contribution is -2.30. The highest BCUT2D eigenvalue weighted by Crippen LogP contribution is 2.38. The van der Waals surface area contributed by atoms with Crippen molar-refractivity contribution in [2.75, 3.05) is 26.4 Å². The van der Waals surface area contributed by atoms with Crippen LogP contribution in [0.15, 0.2) is 36.4 Å². The van der Waals surface area contributed by atoms with Gasteiger partial charge >= 0.3 is 6.18 Å². The number of hydrogen-bond donors (Lipinski definition) is 1. The number of hydrogen-bond acceptors (Lipinski definition) is 4. The molecule has 150 valence electrons. The first-order valence-corrected chi connectivity index (χ1v) is 8.85. The van der Waals surface area contributed by atoms with Crippen molar-refractivity contribution in [2.45, 2.75) is 12.6 Å². The predicted octanol–water partition coefficient (Wildman–Crippen LogP) is 3.87. The van der Waals surface area contributed by atoms with E-state index >= 15 is 0 Å². The van der Waals surface area contributed by atoms with Crippen molar-refractivity contribution in [3.8, 4) is 17.2 Å². The van der Waals surface area contributed by atoms with E-state index in [4.69, 9.17) is 25.8 Å². The molecule has 1 amide bonds. The number of carbonyl (C=O) groups is 1. The molecule has 0 atom stereocenters. The molecule has 2 aromatic carbocycles. The standard InChI is InChI=1S/C19H17ClF3NO4/c20-15-8-12(9-16-18(15)27-7-6-26-16)4-5-24-17(25)11-28-14-3-1-2-13(10-14)19(21,22)23/h1-3,8-10H,4-7,11H2,(H,24,25). The lowest BCUT2D eigenvalue weighted by Gasteiger charge is -2.20. The Morgan fingerprint density at radius 3 is 2.75 bits per heavy atom. The van der Waals surface area contributed by atoms with Crippen LogP contribution in [0.1, 0.15) is 11.1 Å².